The highest BCUT2D eigenvalue weighted by molar-refractivity contribution is 5.71. The van der Waals surface area contributed by atoms with Crippen molar-refractivity contribution in [3.63, 3.8) is 0 Å². The van der Waals surface area contributed by atoms with Crippen LogP contribution in [0.5, 0.6) is 0 Å². The van der Waals surface area contributed by atoms with Gasteiger partial charge in [-0.3, -0.25) is 14.4 Å². The van der Waals surface area contributed by atoms with Crippen molar-refractivity contribution in [2.45, 2.75) is 341 Å². The Kier molecular flexibility index (Phi) is 60.2. The SMILES string of the molecule is CCCCC/C=C\C/C=C\CCCCCCCC(=O)OCC(COC(=O)CCCCCCCCCCCC/C=C\C/C=C\C/C=C\CCCCCCC)OC(=O)CCCCCCCCCCCCCCCCCC. The highest BCUT2D eigenvalue weighted by atomic mass is 16.6. The van der Waals surface area contributed by atoms with Crippen LogP contribution in [0.3, 0.4) is 0 Å². The minimum atomic E-state index is -0.781. The normalized spacial score (nSPS) is 12.4. The summed E-state index contributed by atoms with van der Waals surface area (Å²) in [6.45, 7) is 6.63. The second-order valence-electron chi connectivity index (χ2n) is 21.7. The van der Waals surface area contributed by atoms with Crippen LogP contribution >= 0.6 is 0 Å². The number of rotatable bonds is 59. The predicted octanol–water partition coefficient (Wildman–Crippen LogP) is 21.9. The Hall–Kier alpha value is -2.89. The number of hydrogen-bond donors (Lipinski definition) is 0. The van der Waals surface area contributed by atoms with Crippen molar-refractivity contribution in [3.8, 4) is 0 Å². The van der Waals surface area contributed by atoms with Gasteiger partial charge in [-0.25, -0.2) is 0 Å². The lowest BCUT2D eigenvalue weighted by Gasteiger charge is -2.18. The molecule has 0 bridgehead atoms. The Morgan fingerprint density at radius 1 is 0.270 bits per heavy atom. The molecule has 74 heavy (non-hydrogen) atoms. The molecule has 0 aromatic carbocycles. The van der Waals surface area contributed by atoms with E-state index in [2.05, 4.69) is 81.5 Å². The van der Waals surface area contributed by atoms with Crippen molar-refractivity contribution < 1.29 is 28.6 Å². The van der Waals surface area contributed by atoms with Gasteiger partial charge in [0.2, 0.25) is 0 Å². The van der Waals surface area contributed by atoms with Gasteiger partial charge in [0.25, 0.3) is 0 Å². The standard InChI is InChI=1S/C68H122O6/c1-4-7-10-13-16-19-22-25-28-30-31-32-33-34-35-36-37-38-41-43-46-49-52-55-58-61-67(70)73-64-65(63-72-66(69)60-57-54-51-48-45-42-39-27-24-21-18-15-12-9-6-3)74-68(71)62-59-56-53-50-47-44-40-29-26-23-20-17-14-11-8-5-2/h18,21-22,25,27,30-31,33-34,39,65H,4-17,19-20,23-24,26,28-29,32,35-38,40-64H2,1-3H3/b21-18-,25-22-,31-30-,34-33-,39-27-. The highest BCUT2D eigenvalue weighted by Gasteiger charge is 2.19. The van der Waals surface area contributed by atoms with Crippen LogP contribution in [0, 0.1) is 0 Å². The summed E-state index contributed by atoms with van der Waals surface area (Å²) in [5.74, 6) is -0.877. The molecular weight excluding hydrogens is 913 g/mol. The highest BCUT2D eigenvalue weighted by Crippen LogP contribution is 2.17. The van der Waals surface area contributed by atoms with E-state index in [9.17, 15) is 14.4 Å². The van der Waals surface area contributed by atoms with E-state index in [0.29, 0.717) is 19.3 Å². The van der Waals surface area contributed by atoms with Gasteiger partial charge in [0.15, 0.2) is 6.10 Å². The summed E-state index contributed by atoms with van der Waals surface area (Å²) in [7, 11) is 0. The zero-order valence-corrected chi connectivity index (χ0v) is 49.4. The molecule has 0 saturated heterocycles. The maximum absolute atomic E-state index is 12.9. The van der Waals surface area contributed by atoms with E-state index in [1.807, 2.05) is 0 Å². The van der Waals surface area contributed by atoms with Gasteiger partial charge in [-0.05, 0) is 89.9 Å². The maximum atomic E-state index is 12.9. The number of carbonyl (C=O) groups excluding carboxylic acids is 3. The van der Waals surface area contributed by atoms with Gasteiger partial charge < -0.3 is 14.2 Å². The molecule has 0 aliphatic rings. The Labute approximate surface area is 460 Å². The van der Waals surface area contributed by atoms with Gasteiger partial charge in [0.05, 0.1) is 0 Å². The monoisotopic (exact) mass is 1030 g/mol. The van der Waals surface area contributed by atoms with Gasteiger partial charge in [0, 0.05) is 19.3 Å². The number of carbonyl (C=O) groups is 3. The molecule has 0 radical (unpaired) electrons. The summed E-state index contributed by atoms with van der Waals surface area (Å²) < 4.78 is 16.9. The molecule has 0 rings (SSSR count). The molecule has 6 heteroatoms. The first-order valence-electron chi connectivity index (χ1n) is 32.3. The van der Waals surface area contributed by atoms with E-state index in [1.165, 1.54) is 205 Å². The minimum Gasteiger partial charge on any atom is -0.462 e. The summed E-state index contributed by atoms with van der Waals surface area (Å²) in [5, 5.41) is 0. The molecule has 6 nitrogen and oxygen atoms in total. The number of ether oxygens (including phenoxy) is 3. The van der Waals surface area contributed by atoms with E-state index in [1.54, 1.807) is 0 Å². The zero-order chi connectivity index (χ0) is 53.6. The number of unbranched alkanes of at least 4 members (excludes halogenated alkanes) is 38. The molecule has 0 aromatic heterocycles. The Morgan fingerprint density at radius 3 is 0.784 bits per heavy atom. The molecule has 0 N–H and O–H groups in total. The predicted molar refractivity (Wildman–Crippen MR) is 321 cm³/mol. The third kappa shape index (κ3) is 60.0. The van der Waals surface area contributed by atoms with Gasteiger partial charge in [-0.15, -0.1) is 0 Å². The average molecular weight is 1040 g/mol. The molecular formula is C68H122O6. The van der Waals surface area contributed by atoms with Gasteiger partial charge in [-0.1, -0.05) is 287 Å². The Morgan fingerprint density at radius 2 is 0.486 bits per heavy atom. The maximum Gasteiger partial charge on any atom is 0.306 e. The van der Waals surface area contributed by atoms with Crippen molar-refractivity contribution in [3.05, 3.63) is 60.8 Å². The van der Waals surface area contributed by atoms with E-state index in [-0.39, 0.29) is 31.1 Å². The first kappa shape index (κ1) is 71.1. The van der Waals surface area contributed by atoms with Crippen molar-refractivity contribution in [1.82, 2.24) is 0 Å². The second-order valence-corrected chi connectivity index (χ2v) is 21.7. The largest absolute Gasteiger partial charge is 0.462 e. The van der Waals surface area contributed by atoms with Crippen molar-refractivity contribution >= 4 is 17.9 Å². The minimum absolute atomic E-state index is 0.0778. The molecule has 0 aliphatic carbocycles. The van der Waals surface area contributed by atoms with Gasteiger partial charge >= 0.3 is 17.9 Å². The van der Waals surface area contributed by atoms with Crippen LogP contribution in [-0.2, 0) is 28.6 Å². The molecule has 1 atom stereocenters. The van der Waals surface area contributed by atoms with E-state index in [4.69, 9.17) is 14.2 Å². The topological polar surface area (TPSA) is 78.9 Å². The summed E-state index contributed by atoms with van der Waals surface area (Å²) in [6.07, 6.45) is 79.3. The number of esters is 3. The number of allylic oxidation sites excluding steroid dienone is 10. The van der Waals surface area contributed by atoms with Gasteiger partial charge in [-0.2, -0.15) is 0 Å². The van der Waals surface area contributed by atoms with Crippen LogP contribution in [0.1, 0.15) is 335 Å². The van der Waals surface area contributed by atoms with Crippen LogP contribution in [0.15, 0.2) is 60.8 Å². The molecule has 0 heterocycles. The van der Waals surface area contributed by atoms with Crippen LogP contribution in [0.4, 0.5) is 0 Å². The smallest absolute Gasteiger partial charge is 0.306 e. The second kappa shape index (κ2) is 62.6. The fraction of sp³-hybridized carbons (Fsp3) is 0.809. The van der Waals surface area contributed by atoms with Crippen LogP contribution in [0.25, 0.3) is 0 Å². The molecule has 0 saturated carbocycles. The van der Waals surface area contributed by atoms with Crippen molar-refractivity contribution in [1.29, 1.82) is 0 Å². The molecule has 0 fully saturated rings. The molecule has 0 spiro atoms. The lowest BCUT2D eigenvalue weighted by molar-refractivity contribution is -0.167. The van der Waals surface area contributed by atoms with Crippen LogP contribution < -0.4 is 0 Å². The average Bonchev–Trinajstić information content (AvgIpc) is 3.40. The summed E-state index contributed by atoms with van der Waals surface area (Å²) >= 11 is 0. The van der Waals surface area contributed by atoms with Crippen LogP contribution in [0.2, 0.25) is 0 Å². The molecule has 0 amide bonds. The van der Waals surface area contributed by atoms with Gasteiger partial charge in [0.1, 0.15) is 13.2 Å². The quantitative estimate of drug-likeness (QED) is 0.0261. The van der Waals surface area contributed by atoms with Crippen molar-refractivity contribution in [2.24, 2.45) is 0 Å². The first-order valence-corrected chi connectivity index (χ1v) is 32.3. The van der Waals surface area contributed by atoms with E-state index < -0.39 is 6.10 Å². The molecule has 430 valence electrons. The van der Waals surface area contributed by atoms with E-state index in [0.717, 1.165) is 89.9 Å². The lowest BCUT2D eigenvalue weighted by Crippen LogP contribution is -2.30. The Bertz CT molecular complexity index is 1330. The third-order valence-corrected chi connectivity index (χ3v) is 14.2. The summed E-state index contributed by atoms with van der Waals surface area (Å²) in [5.41, 5.74) is 0. The van der Waals surface area contributed by atoms with Crippen molar-refractivity contribution in [2.75, 3.05) is 13.2 Å². The fourth-order valence-corrected chi connectivity index (χ4v) is 9.36. The summed E-state index contributed by atoms with van der Waals surface area (Å²) in [6, 6.07) is 0. The summed E-state index contributed by atoms with van der Waals surface area (Å²) in [4.78, 5) is 38.3. The lowest BCUT2D eigenvalue weighted by atomic mass is 10.0. The molecule has 0 aliphatic heterocycles. The third-order valence-electron chi connectivity index (χ3n) is 14.2. The first-order chi connectivity index (χ1) is 36.5. The fourth-order valence-electron chi connectivity index (χ4n) is 9.36. The van der Waals surface area contributed by atoms with Crippen LogP contribution in [-0.4, -0.2) is 37.2 Å². The Balaban J connectivity index is 4.31. The molecule has 1 unspecified atom stereocenters. The molecule has 0 aromatic rings. The number of hydrogen-bond acceptors (Lipinski definition) is 6. The zero-order valence-electron chi connectivity index (χ0n) is 49.4. The van der Waals surface area contributed by atoms with E-state index >= 15 is 0 Å².